The van der Waals surface area contributed by atoms with Crippen molar-refractivity contribution in [3.8, 4) is 11.5 Å². The van der Waals surface area contributed by atoms with E-state index >= 15 is 0 Å². The van der Waals surface area contributed by atoms with Crippen molar-refractivity contribution in [2.45, 2.75) is 19.9 Å². The number of hydrogen-bond donors (Lipinski definition) is 2. The summed E-state index contributed by atoms with van der Waals surface area (Å²) in [4.78, 5) is 6.76. The Hall–Kier alpha value is -3.03. The minimum absolute atomic E-state index is 0.382. The van der Waals surface area contributed by atoms with E-state index in [0.717, 1.165) is 55.6 Å². The smallest absolute Gasteiger partial charge is 0.191 e. The second-order valence-electron chi connectivity index (χ2n) is 7.45. The number of hydrogen-bond acceptors (Lipinski definition) is 4. The Labute approximate surface area is 182 Å². The summed E-state index contributed by atoms with van der Waals surface area (Å²) >= 11 is 0. The fraction of sp³-hybridized carbons (Fsp3) is 0.435. The highest BCUT2D eigenvalue weighted by molar-refractivity contribution is 5.79. The van der Waals surface area contributed by atoms with Crippen LogP contribution in [0.2, 0.25) is 0 Å². The van der Waals surface area contributed by atoms with Gasteiger partial charge in [0.2, 0.25) is 0 Å². The third-order valence-electron chi connectivity index (χ3n) is 5.36. The number of rotatable bonds is 8. The quantitative estimate of drug-likeness (QED) is 0.494. The van der Waals surface area contributed by atoms with Gasteiger partial charge in [-0.2, -0.15) is 0 Å². The molecular formula is C23H30F2N4O2. The molecule has 0 bridgehead atoms. The van der Waals surface area contributed by atoms with Gasteiger partial charge in [-0.05, 0) is 43.5 Å². The van der Waals surface area contributed by atoms with E-state index in [1.54, 1.807) is 20.3 Å². The highest BCUT2D eigenvalue weighted by Crippen LogP contribution is 2.26. The lowest BCUT2D eigenvalue weighted by molar-refractivity contribution is 0.391. The lowest BCUT2D eigenvalue weighted by atomic mass is 10.1. The number of aliphatic imine (C=N–C) groups is 1. The van der Waals surface area contributed by atoms with Crippen molar-refractivity contribution < 1.29 is 18.3 Å². The number of nitrogens with one attached hydrogen (secondary N) is 2. The topological polar surface area (TPSA) is 58.1 Å². The molecule has 0 spiro atoms. The Morgan fingerprint density at radius 2 is 1.94 bits per heavy atom. The summed E-state index contributed by atoms with van der Waals surface area (Å²) < 4.78 is 37.4. The average Bonchev–Trinajstić information content (AvgIpc) is 3.26. The van der Waals surface area contributed by atoms with E-state index in [0.29, 0.717) is 18.2 Å². The number of benzene rings is 2. The largest absolute Gasteiger partial charge is 0.497 e. The first kappa shape index (κ1) is 22.7. The number of halogens is 2. The zero-order valence-corrected chi connectivity index (χ0v) is 18.3. The molecule has 2 aromatic carbocycles. The molecule has 1 aliphatic heterocycles. The van der Waals surface area contributed by atoms with Crippen LogP contribution in [0.4, 0.5) is 14.5 Å². The molecule has 1 aliphatic rings. The van der Waals surface area contributed by atoms with Crippen LogP contribution < -0.4 is 25.0 Å². The van der Waals surface area contributed by atoms with Crippen LogP contribution in [0.15, 0.2) is 41.4 Å². The van der Waals surface area contributed by atoms with Crippen LogP contribution in [0.5, 0.6) is 11.5 Å². The summed E-state index contributed by atoms with van der Waals surface area (Å²) in [5, 5.41) is 6.66. The zero-order chi connectivity index (χ0) is 22.2. The Morgan fingerprint density at radius 3 is 2.65 bits per heavy atom. The molecule has 1 unspecified atom stereocenters. The maximum atomic E-state index is 13.5. The maximum absolute atomic E-state index is 13.5. The summed E-state index contributed by atoms with van der Waals surface area (Å²) in [5.74, 6) is 0.952. The molecule has 2 aromatic rings. The van der Waals surface area contributed by atoms with Gasteiger partial charge < -0.3 is 25.0 Å². The monoisotopic (exact) mass is 432 g/mol. The molecular weight excluding hydrogens is 402 g/mol. The highest BCUT2D eigenvalue weighted by Gasteiger charge is 2.23. The first-order valence-electron chi connectivity index (χ1n) is 10.5. The molecule has 168 valence electrons. The average molecular weight is 433 g/mol. The molecule has 0 radical (unpaired) electrons. The third kappa shape index (κ3) is 5.99. The van der Waals surface area contributed by atoms with Gasteiger partial charge in [-0.25, -0.2) is 13.8 Å². The number of ether oxygens (including phenoxy) is 2. The first-order chi connectivity index (χ1) is 15.0. The van der Waals surface area contributed by atoms with E-state index in [-0.39, 0.29) is 0 Å². The lowest BCUT2D eigenvalue weighted by Gasteiger charge is -2.19. The fourth-order valence-electron chi connectivity index (χ4n) is 3.64. The standard InChI is InChI=1S/C23H30F2N4O2/c1-4-26-23(28-14-17-5-7-19(30-2)12-22(17)31-3)27-13-16-9-10-29(15-16)18-6-8-20(24)21(25)11-18/h5-8,11-12,16H,4,9-10,13-15H2,1-3H3,(H2,26,27,28). The van der Waals surface area contributed by atoms with Crippen molar-refractivity contribution in [1.29, 1.82) is 0 Å². The predicted molar refractivity (Wildman–Crippen MR) is 119 cm³/mol. The van der Waals surface area contributed by atoms with Gasteiger partial charge >= 0.3 is 0 Å². The van der Waals surface area contributed by atoms with Gasteiger partial charge in [0.05, 0.1) is 20.8 Å². The number of anilines is 1. The summed E-state index contributed by atoms with van der Waals surface area (Å²) in [6.45, 7) is 5.57. The molecule has 0 aliphatic carbocycles. The first-order valence-corrected chi connectivity index (χ1v) is 10.5. The van der Waals surface area contributed by atoms with Crippen LogP contribution in [0.1, 0.15) is 18.9 Å². The molecule has 1 saturated heterocycles. The summed E-state index contributed by atoms with van der Waals surface area (Å²) in [5.41, 5.74) is 1.68. The SMILES string of the molecule is CCNC(=NCc1ccc(OC)cc1OC)NCC1CCN(c2ccc(F)c(F)c2)C1. The fourth-order valence-corrected chi connectivity index (χ4v) is 3.64. The van der Waals surface area contributed by atoms with Crippen molar-refractivity contribution in [3.63, 3.8) is 0 Å². The van der Waals surface area contributed by atoms with E-state index in [4.69, 9.17) is 9.47 Å². The van der Waals surface area contributed by atoms with E-state index in [1.165, 1.54) is 12.1 Å². The summed E-state index contributed by atoms with van der Waals surface area (Å²) in [6, 6.07) is 9.75. The molecule has 1 fully saturated rings. The van der Waals surface area contributed by atoms with Crippen LogP contribution in [0, 0.1) is 17.6 Å². The van der Waals surface area contributed by atoms with Crippen LogP contribution in [-0.4, -0.2) is 46.4 Å². The van der Waals surface area contributed by atoms with Gasteiger partial charge in [-0.15, -0.1) is 0 Å². The Balaban J connectivity index is 1.57. The highest BCUT2D eigenvalue weighted by atomic mass is 19.2. The van der Waals surface area contributed by atoms with Crippen LogP contribution in [0.3, 0.4) is 0 Å². The van der Waals surface area contributed by atoms with Gasteiger partial charge in [-0.3, -0.25) is 0 Å². The number of guanidine groups is 1. The van der Waals surface area contributed by atoms with E-state index in [9.17, 15) is 8.78 Å². The Bertz CT molecular complexity index is 907. The molecule has 6 nitrogen and oxygen atoms in total. The van der Waals surface area contributed by atoms with Gasteiger partial charge in [0.15, 0.2) is 17.6 Å². The van der Waals surface area contributed by atoms with E-state index < -0.39 is 11.6 Å². The van der Waals surface area contributed by atoms with E-state index in [1.807, 2.05) is 25.1 Å². The lowest BCUT2D eigenvalue weighted by Crippen LogP contribution is -2.40. The normalized spacial score (nSPS) is 16.4. The molecule has 31 heavy (non-hydrogen) atoms. The molecule has 3 rings (SSSR count). The van der Waals surface area contributed by atoms with Crippen molar-refractivity contribution in [2.75, 3.05) is 45.3 Å². The minimum Gasteiger partial charge on any atom is -0.497 e. The van der Waals surface area contributed by atoms with Gasteiger partial charge in [-0.1, -0.05) is 0 Å². The number of nitrogens with zero attached hydrogens (tertiary/aromatic N) is 2. The van der Waals surface area contributed by atoms with Gasteiger partial charge in [0, 0.05) is 49.6 Å². The van der Waals surface area contributed by atoms with Crippen molar-refractivity contribution >= 4 is 11.6 Å². The van der Waals surface area contributed by atoms with Crippen molar-refractivity contribution in [1.82, 2.24) is 10.6 Å². The van der Waals surface area contributed by atoms with Crippen LogP contribution in [-0.2, 0) is 6.54 Å². The summed E-state index contributed by atoms with van der Waals surface area (Å²) in [6.07, 6.45) is 0.970. The second-order valence-corrected chi connectivity index (χ2v) is 7.45. The Kier molecular flexibility index (Phi) is 7.92. The molecule has 0 aromatic heterocycles. The zero-order valence-electron chi connectivity index (χ0n) is 18.3. The van der Waals surface area contributed by atoms with Crippen molar-refractivity contribution in [2.24, 2.45) is 10.9 Å². The summed E-state index contributed by atoms with van der Waals surface area (Å²) in [7, 11) is 3.25. The predicted octanol–water partition coefficient (Wildman–Crippen LogP) is 3.56. The molecule has 0 amide bonds. The molecule has 1 atom stereocenters. The number of methoxy groups -OCH3 is 2. The second kappa shape index (κ2) is 10.8. The van der Waals surface area contributed by atoms with Crippen molar-refractivity contribution in [3.05, 3.63) is 53.6 Å². The maximum Gasteiger partial charge on any atom is 0.191 e. The molecule has 2 N–H and O–H groups in total. The van der Waals surface area contributed by atoms with E-state index in [2.05, 4.69) is 20.5 Å². The van der Waals surface area contributed by atoms with Gasteiger partial charge in [0.25, 0.3) is 0 Å². The Morgan fingerprint density at radius 1 is 1.10 bits per heavy atom. The van der Waals surface area contributed by atoms with Crippen LogP contribution in [0.25, 0.3) is 0 Å². The molecule has 8 heteroatoms. The van der Waals surface area contributed by atoms with Gasteiger partial charge in [0.1, 0.15) is 11.5 Å². The minimum atomic E-state index is -0.818. The third-order valence-corrected chi connectivity index (χ3v) is 5.36. The van der Waals surface area contributed by atoms with Crippen LogP contribution >= 0.6 is 0 Å². The molecule has 1 heterocycles. The molecule has 0 saturated carbocycles.